The summed E-state index contributed by atoms with van der Waals surface area (Å²) in [5.74, 6) is -0.376. The zero-order valence-corrected chi connectivity index (χ0v) is 14.3. The van der Waals surface area contributed by atoms with Gasteiger partial charge in [-0.1, -0.05) is 12.8 Å². The Morgan fingerprint density at radius 1 is 1.13 bits per heavy atom. The van der Waals surface area contributed by atoms with Crippen LogP contribution in [0.4, 0.5) is 8.78 Å². The third-order valence-corrected chi connectivity index (χ3v) is 4.98. The van der Waals surface area contributed by atoms with Crippen molar-refractivity contribution in [3.8, 4) is 5.75 Å². The monoisotopic (exact) mass is 346 g/mol. The highest BCUT2D eigenvalue weighted by molar-refractivity contribution is 5.85. The molecule has 1 saturated carbocycles. The lowest BCUT2D eigenvalue weighted by Gasteiger charge is -2.39. The number of methoxy groups -OCH3 is 1. The number of benzene rings is 1. The van der Waals surface area contributed by atoms with Crippen LogP contribution in [-0.4, -0.2) is 38.2 Å². The molecule has 130 valence electrons. The molecular weight excluding hydrogens is 322 g/mol. The lowest BCUT2D eigenvalue weighted by atomic mass is 9.89. The summed E-state index contributed by atoms with van der Waals surface area (Å²) in [5, 5.41) is 3.31. The maximum absolute atomic E-state index is 14.6. The standard InChI is InChI=1S/C17H24F2N2O.ClH/c1-22-13-10-14(18)16(15(19)11-13)17(12-4-2-3-5-12)21-8-6-20-7-9-21;/h10-12,17,20H,2-9H2,1H3;1H/t17-;/m1./s1. The second-order valence-electron chi connectivity index (χ2n) is 6.28. The minimum atomic E-state index is -0.479. The summed E-state index contributed by atoms with van der Waals surface area (Å²) in [4.78, 5) is 2.25. The Morgan fingerprint density at radius 2 is 1.70 bits per heavy atom. The molecule has 0 radical (unpaired) electrons. The van der Waals surface area contributed by atoms with E-state index < -0.39 is 11.6 Å². The van der Waals surface area contributed by atoms with Gasteiger partial charge in [0.1, 0.15) is 17.4 Å². The summed E-state index contributed by atoms with van der Waals surface area (Å²) in [5.41, 5.74) is 0.231. The van der Waals surface area contributed by atoms with Gasteiger partial charge < -0.3 is 10.1 Å². The average Bonchev–Trinajstić information content (AvgIpc) is 3.05. The lowest BCUT2D eigenvalue weighted by molar-refractivity contribution is 0.119. The summed E-state index contributed by atoms with van der Waals surface area (Å²) < 4.78 is 34.2. The topological polar surface area (TPSA) is 24.5 Å². The van der Waals surface area contributed by atoms with E-state index in [1.165, 1.54) is 19.2 Å². The van der Waals surface area contributed by atoms with Crippen LogP contribution in [0.5, 0.6) is 5.75 Å². The number of nitrogens with one attached hydrogen (secondary N) is 1. The fourth-order valence-electron chi connectivity index (χ4n) is 3.91. The minimum Gasteiger partial charge on any atom is -0.497 e. The van der Waals surface area contributed by atoms with Gasteiger partial charge in [0.15, 0.2) is 0 Å². The Labute approximate surface area is 142 Å². The number of rotatable bonds is 4. The van der Waals surface area contributed by atoms with Gasteiger partial charge in [0.25, 0.3) is 0 Å². The fourth-order valence-corrected chi connectivity index (χ4v) is 3.91. The van der Waals surface area contributed by atoms with Gasteiger partial charge in [-0.2, -0.15) is 0 Å². The zero-order valence-electron chi connectivity index (χ0n) is 13.5. The smallest absolute Gasteiger partial charge is 0.134 e. The Balaban J connectivity index is 0.00000192. The summed E-state index contributed by atoms with van der Waals surface area (Å²) in [7, 11) is 1.43. The van der Waals surface area contributed by atoms with E-state index in [0.717, 1.165) is 51.9 Å². The number of piperazine rings is 1. The molecular formula is C17H25ClF2N2O. The molecule has 1 saturated heterocycles. The quantitative estimate of drug-likeness (QED) is 0.902. The van der Waals surface area contributed by atoms with E-state index in [2.05, 4.69) is 10.2 Å². The van der Waals surface area contributed by atoms with Crippen LogP contribution >= 0.6 is 12.4 Å². The Morgan fingerprint density at radius 3 is 2.22 bits per heavy atom. The molecule has 1 atom stereocenters. The van der Waals surface area contributed by atoms with E-state index in [1.54, 1.807) is 0 Å². The normalized spacial score (nSPS) is 21.0. The molecule has 2 aliphatic rings. The van der Waals surface area contributed by atoms with Crippen molar-refractivity contribution < 1.29 is 13.5 Å². The first-order chi connectivity index (χ1) is 10.7. The molecule has 0 unspecified atom stereocenters. The Kier molecular flexibility index (Phi) is 6.62. The maximum Gasteiger partial charge on any atom is 0.134 e. The lowest BCUT2D eigenvalue weighted by Crippen LogP contribution is -2.47. The van der Waals surface area contributed by atoms with Gasteiger partial charge in [-0.05, 0) is 18.8 Å². The maximum atomic E-state index is 14.6. The molecule has 2 fully saturated rings. The van der Waals surface area contributed by atoms with E-state index in [-0.39, 0.29) is 29.8 Å². The van der Waals surface area contributed by atoms with Crippen molar-refractivity contribution in [2.45, 2.75) is 31.7 Å². The molecule has 1 aromatic rings. The number of ether oxygens (including phenoxy) is 1. The summed E-state index contributed by atoms with van der Waals surface area (Å²) in [6.45, 7) is 3.43. The first kappa shape index (κ1) is 18.4. The number of hydrogen-bond acceptors (Lipinski definition) is 3. The largest absolute Gasteiger partial charge is 0.497 e. The highest BCUT2D eigenvalue weighted by Crippen LogP contribution is 2.42. The SMILES string of the molecule is COc1cc(F)c([C@@H](C2CCCC2)N2CCNCC2)c(F)c1.Cl. The van der Waals surface area contributed by atoms with Crippen LogP contribution in [0.3, 0.4) is 0 Å². The van der Waals surface area contributed by atoms with E-state index in [0.29, 0.717) is 5.92 Å². The van der Waals surface area contributed by atoms with Gasteiger partial charge >= 0.3 is 0 Å². The van der Waals surface area contributed by atoms with Crippen molar-refractivity contribution in [2.75, 3.05) is 33.3 Å². The molecule has 0 bridgehead atoms. The van der Waals surface area contributed by atoms with Gasteiger partial charge in [-0.3, -0.25) is 4.90 Å². The molecule has 6 heteroatoms. The number of nitrogens with zero attached hydrogens (tertiary/aromatic N) is 1. The van der Waals surface area contributed by atoms with Crippen LogP contribution < -0.4 is 10.1 Å². The molecule has 0 amide bonds. The Hall–Kier alpha value is -0.910. The summed E-state index contributed by atoms with van der Waals surface area (Å²) in [6.07, 6.45) is 4.43. The van der Waals surface area contributed by atoms with E-state index >= 15 is 0 Å². The van der Waals surface area contributed by atoms with Crippen molar-refractivity contribution in [1.29, 1.82) is 0 Å². The molecule has 1 aliphatic carbocycles. The van der Waals surface area contributed by atoms with Crippen molar-refractivity contribution in [2.24, 2.45) is 5.92 Å². The molecule has 0 aromatic heterocycles. The third-order valence-electron chi connectivity index (χ3n) is 4.98. The van der Waals surface area contributed by atoms with Crippen LogP contribution in [-0.2, 0) is 0 Å². The van der Waals surface area contributed by atoms with Crippen molar-refractivity contribution in [3.63, 3.8) is 0 Å². The van der Waals surface area contributed by atoms with Gasteiger partial charge in [-0.15, -0.1) is 12.4 Å². The van der Waals surface area contributed by atoms with E-state index in [4.69, 9.17) is 4.74 Å². The van der Waals surface area contributed by atoms with Crippen LogP contribution in [0.1, 0.15) is 37.3 Å². The van der Waals surface area contributed by atoms with Crippen LogP contribution in [0.15, 0.2) is 12.1 Å². The molecule has 0 spiro atoms. The van der Waals surface area contributed by atoms with E-state index in [9.17, 15) is 8.78 Å². The van der Waals surface area contributed by atoms with Crippen LogP contribution in [0.2, 0.25) is 0 Å². The van der Waals surface area contributed by atoms with Crippen LogP contribution in [0, 0.1) is 17.6 Å². The highest BCUT2D eigenvalue weighted by Gasteiger charge is 2.35. The molecule has 1 N–H and O–H groups in total. The van der Waals surface area contributed by atoms with E-state index in [1.807, 2.05) is 0 Å². The van der Waals surface area contributed by atoms with Crippen LogP contribution in [0.25, 0.3) is 0 Å². The van der Waals surface area contributed by atoms with Gasteiger partial charge in [0.05, 0.1) is 7.11 Å². The molecule has 23 heavy (non-hydrogen) atoms. The summed E-state index contributed by atoms with van der Waals surface area (Å²) >= 11 is 0. The molecule has 1 heterocycles. The highest BCUT2D eigenvalue weighted by atomic mass is 35.5. The first-order valence-corrected chi connectivity index (χ1v) is 8.18. The zero-order chi connectivity index (χ0) is 15.5. The average molecular weight is 347 g/mol. The predicted molar refractivity (Wildman–Crippen MR) is 89.3 cm³/mol. The van der Waals surface area contributed by atoms with Crippen molar-refractivity contribution >= 4 is 12.4 Å². The van der Waals surface area contributed by atoms with Crippen molar-refractivity contribution in [3.05, 3.63) is 29.3 Å². The Bertz CT molecular complexity index is 494. The number of hydrogen-bond donors (Lipinski definition) is 1. The van der Waals surface area contributed by atoms with Gasteiger partial charge in [0.2, 0.25) is 0 Å². The second-order valence-corrected chi connectivity index (χ2v) is 6.28. The fraction of sp³-hybridized carbons (Fsp3) is 0.647. The minimum absolute atomic E-state index is 0. The molecule has 3 rings (SSSR count). The summed E-state index contributed by atoms with van der Waals surface area (Å²) in [6, 6.07) is 2.46. The third kappa shape index (κ3) is 3.95. The molecule has 3 nitrogen and oxygen atoms in total. The molecule has 1 aromatic carbocycles. The number of halogens is 3. The van der Waals surface area contributed by atoms with Gasteiger partial charge in [0, 0.05) is 49.9 Å². The van der Waals surface area contributed by atoms with Gasteiger partial charge in [-0.25, -0.2) is 8.78 Å². The molecule has 1 aliphatic heterocycles. The second kappa shape index (κ2) is 8.27. The van der Waals surface area contributed by atoms with Crippen molar-refractivity contribution in [1.82, 2.24) is 10.2 Å². The predicted octanol–water partition coefficient (Wildman–Crippen LogP) is 3.53. The first-order valence-electron chi connectivity index (χ1n) is 8.18.